The van der Waals surface area contributed by atoms with Crippen LogP contribution in [0.1, 0.15) is 50.8 Å². The van der Waals surface area contributed by atoms with E-state index in [4.69, 9.17) is 4.99 Å². The lowest BCUT2D eigenvalue weighted by Gasteiger charge is -2.33. The van der Waals surface area contributed by atoms with Crippen LogP contribution >= 0.6 is 24.0 Å². The van der Waals surface area contributed by atoms with Crippen LogP contribution in [0.15, 0.2) is 53.7 Å². The number of rotatable bonds is 7. The van der Waals surface area contributed by atoms with Crippen LogP contribution in [-0.4, -0.2) is 54.6 Å². The molecule has 2 aliphatic heterocycles. The quantitative estimate of drug-likeness (QED) is 0.286. The molecule has 1 aromatic carbocycles. The molecule has 0 radical (unpaired) electrons. The van der Waals surface area contributed by atoms with Gasteiger partial charge in [0.1, 0.15) is 0 Å². The van der Waals surface area contributed by atoms with Gasteiger partial charge in [-0.2, -0.15) is 0 Å². The molecule has 1 aromatic heterocycles. The Labute approximate surface area is 222 Å². The fraction of sp³-hybridized carbons (Fsp3) is 0.556. The van der Waals surface area contributed by atoms with Gasteiger partial charge < -0.3 is 15.5 Å². The Hall–Kier alpha value is -1.87. The predicted octanol–water partition coefficient (Wildman–Crippen LogP) is 4.66. The molecule has 0 aliphatic carbocycles. The fourth-order valence-corrected chi connectivity index (χ4v) is 4.72. The van der Waals surface area contributed by atoms with Crippen LogP contribution in [0.5, 0.6) is 0 Å². The van der Waals surface area contributed by atoms with Crippen LogP contribution < -0.4 is 15.5 Å². The van der Waals surface area contributed by atoms with E-state index in [9.17, 15) is 0 Å². The second kappa shape index (κ2) is 13.9. The Bertz CT molecular complexity index is 856. The number of aliphatic imine (C=N–C) groups is 1. The van der Waals surface area contributed by atoms with Gasteiger partial charge in [-0.1, -0.05) is 25.1 Å². The van der Waals surface area contributed by atoms with Gasteiger partial charge in [0, 0.05) is 57.2 Å². The number of piperidine rings is 2. The monoisotopic (exact) mass is 576 g/mol. The summed E-state index contributed by atoms with van der Waals surface area (Å²) in [4.78, 5) is 14.3. The van der Waals surface area contributed by atoms with Crippen LogP contribution in [0, 0.1) is 5.92 Å². The maximum absolute atomic E-state index is 4.87. The van der Waals surface area contributed by atoms with Crippen molar-refractivity contribution >= 4 is 35.6 Å². The van der Waals surface area contributed by atoms with Crippen molar-refractivity contribution < 1.29 is 0 Å². The summed E-state index contributed by atoms with van der Waals surface area (Å²) in [5, 5.41) is 7.09. The van der Waals surface area contributed by atoms with Crippen molar-refractivity contribution in [1.82, 2.24) is 20.5 Å². The first kappa shape index (κ1) is 26.7. The second-order valence-corrected chi connectivity index (χ2v) is 9.55. The molecule has 0 bridgehead atoms. The van der Waals surface area contributed by atoms with Gasteiger partial charge in [0.2, 0.25) is 0 Å². The topological polar surface area (TPSA) is 55.8 Å². The van der Waals surface area contributed by atoms with E-state index in [-0.39, 0.29) is 24.0 Å². The highest BCUT2D eigenvalue weighted by Gasteiger charge is 2.20. The minimum absolute atomic E-state index is 0. The molecule has 6 nitrogen and oxygen atoms in total. The van der Waals surface area contributed by atoms with Gasteiger partial charge in [-0.3, -0.25) is 9.88 Å². The summed E-state index contributed by atoms with van der Waals surface area (Å²) in [6.45, 7) is 11.5. The van der Waals surface area contributed by atoms with Crippen molar-refractivity contribution in [3.63, 3.8) is 0 Å². The second-order valence-electron chi connectivity index (χ2n) is 9.55. The highest BCUT2D eigenvalue weighted by atomic mass is 127. The smallest absolute Gasteiger partial charge is 0.191 e. The van der Waals surface area contributed by atoms with E-state index in [1.165, 1.54) is 37.2 Å². The Morgan fingerprint density at radius 1 is 1.00 bits per heavy atom. The number of likely N-dealkylation sites (tertiary alicyclic amines) is 1. The van der Waals surface area contributed by atoms with Gasteiger partial charge >= 0.3 is 0 Å². The standard InChI is InChI=1S/C27H40N6.HI/c1-3-28-27(31-24-13-16-32(17-14-24)21-25-6-4-5-15-29-25)30-20-23-7-9-26(10-8-23)33-18-11-22(2)12-19-33;/h4-10,15,22,24H,3,11-14,16-21H2,1-2H3,(H2,28,30,31);1H. The zero-order chi connectivity index (χ0) is 22.9. The van der Waals surface area contributed by atoms with Gasteiger partial charge in [0.15, 0.2) is 5.96 Å². The van der Waals surface area contributed by atoms with E-state index in [0.717, 1.165) is 56.6 Å². The SMILES string of the molecule is CCNC(=NCc1ccc(N2CCC(C)CC2)cc1)NC1CCN(Cc2ccccn2)CC1.I. The van der Waals surface area contributed by atoms with Crippen molar-refractivity contribution in [2.45, 2.75) is 58.7 Å². The van der Waals surface area contributed by atoms with E-state index in [1.807, 2.05) is 12.3 Å². The van der Waals surface area contributed by atoms with Gasteiger partial charge in [0.25, 0.3) is 0 Å². The fourth-order valence-electron chi connectivity index (χ4n) is 4.72. The molecule has 2 aliphatic rings. The van der Waals surface area contributed by atoms with Gasteiger partial charge in [-0.05, 0) is 68.4 Å². The molecule has 7 heteroatoms. The van der Waals surface area contributed by atoms with Crippen molar-refractivity contribution in [3.8, 4) is 0 Å². The Balaban J connectivity index is 0.00000324. The highest BCUT2D eigenvalue weighted by Crippen LogP contribution is 2.23. The molecule has 2 N–H and O–H groups in total. The molecule has 34 heavy (non-hydrogen) atoms. The lowest BCUT2D eigenvalue weighted by molar-refractivity contribution is 0.196. The summed E-state index contributed by atoms with van der Waals surface area (Å²) in [5.41, 5.74) is 3.75. The third-order valence-electron chi connectivity index (χ3n) is 6.89. The molecule has 2 fully saturated rings. The van der Waals surface area contributed by atoms with Crippen molar-refractivity contribution in [1.29, 1.82) is 0 Å². The third-order valence-corrected chi connectivity index (χ3v) is 6.89. The molecule has 2 saturated heterocycles. The Kier molecular flexibility index (Phi) is 10.9. The summed E-state index contributed by atoms with van der Waals surface area (Å²) in [5.74, 6) is 1.79. The first-order chi connectivity index (χ1) is 16.2. The van der Waals surface area contributed by atoms with Gasteiger partial charge in [-0.15, -0.1) is 24.0 Å². The largest absolute Gasteiger partial charge is 0.372 e. The number of hydrogen-bond donors (Lipinski definition) is 2. The van der Waals surface area contributed by atoms with E-state index in [1.54, 1.807) is 0 Å². The van der Waals surface area contributed by atoms with Crippen LogP contribution in [0.25, 0.3) is 0 Å². The number of anilines is 1. The number of hydrogen-bond acceptors (Lipinski definition) is 4. The maximum Gasteiger partial charge on any atom is 0.191 e. The van der Waals surface area contributed by atoms with E-state index < -0.39 is 0 Å². The van der Waals surface area contributed by atoms with E-state index in [0.29, 0.717) is 12.6 Å². The average molecular weight is 577 g/mol. The Morgan fingerprint density at radius 3 is 2.38 bits per heavy atom. The lowest BCUT2D eigenvalue weighted by atomic mass is 9.99. The first-order valence-electron chi connectivity index (χ1n) is 12.7. The lowest BCUT2D eigenvalue weighted by Crippen LogP contribution is -2.48. The molecule has 4 rings (SSSR count). The molecule has 2 aromatic rings. The van der Waals surface area contributed by atoms with Crippen molar-refractivity contribution in [3.05, 3.63) is 59.9 Å². The summed E-state index contributed by atoms with van der Waals surface area (Å²) < 4.78 is 0. The maximum atomic E-state index is 4.87. The third kappa shape index (κ3) is 8.12. The zero-order valence-electron chi connectivity index (χ0n) is 20.7. The Morgan fingerprint density at radius 2 is 1.74 bits per heavy atom. The number of aromatic nitrogens is 1. The first-order valence-corrected chi connectivity index (χ1v) is 12.7. The molecule has 0 unspecified atom stereocenters. The summed E-state index contributed by atoms with van der Waals surface area (Å²) in [6.07, 6.45) is 6.73. The minimum Gasteiger partial charge on any atom is -0.372 e. The van der Waals surface area contributed by atoms with Crippen LogP contribution in [-0.2, 0) is 13.1 Å². The molecule has 0 atom stereocenters. The number of halogens is 1. The molecule has 3 heterocycles. The number of benzene rings is 1. The number of nitrogens with zero attached hydrogens (tertiary/aromatic N) is 4. The highest BCUT2D eigenvalue weighted by molar-refractivity contribution is 14.0. The molecule has 0 saturated carbocycles. The van der Waals surface area contributed by atoms with Crippen LogP contribution in [0.4, 0.5) is 5.69 Å². The minimum atomic E-state index is 0. The summed E-state index contributed by atoms with van der Waals surface area (Å²) >= 11 is 0. The average Bonchev–Trinajstić information content (AvgIpc) is 2.85. The van der Waals surface area contributed by atoms with E-state index in [2.05, 4.69) is 75.7 Å². The van der Waals surface area contributed by atoms with Gasteiger partial charge in [-0.25, -0.2) is 4.99 Å². The molecule has 0 spiro atoms. The van der Waals surface area contributed by atoms with Crippen molar-refractivity contribution in [2.24, 2.45) is 10.9 Å². The number of guanidine groups is 1. The van der Waals surface area contributed by atoms with E-state index >= 15 is 0 Å². The summed E-state index contributed by atoms with van der Waals surface area (Å²) in [6, 6.07) is 15.6. The van der Waals surface area contributed by atoms with Gasteiger partial charge in [0.05, 0.1) is 12.2 Å². The number of pyridine rings is 1. The summed E-state index contributed by atoms with van der Waals surface area (Å²) in [7, 11) is 0. The van der Waals surface area contributed by atoms with Crippen molar-refractivity contribution in [2.75, 3.05) is 37.6 Å². The molecule has 186 valence electrons. The van der Waals surface area contributed by atoms with Crippen LogP contribution in [0.3, 0.4) is 0 Å². The molecular formula is C27H41IN6. The predicted molar refractivity (Wildman–Crippen MR) is 153 cm³/mol. The molecule has 0 amide bonds. The number of nitrogens with one attached hydrogen (secondary N) is 2. The molecular weight excluding hydrogens is 535 g/mol. The normalized spacial score (nSPS) is 18.4. The zero-order valence-corrected chi connectivity index (χ0v) is 23.1. The van der Waals surface area contributed by atoms with Crippen LogP contribution in [0.2, 0.25) is 0 Å².